The normalized spacial score (nSPS) is 19.8. The van der Waals surface area contributed by atoms with Gasteiger partial charge in [0.1, 0.15) is 11.9 Å². The molecule has 1 fully saturated rings. The second-order valence-electron chi connectivity index (χ2n) is 6.21. The van der Waals surface area contributed by atoms with Gasteiger partial charge in [-0.15, -0.1) is 0 Å². The molecule has 1 amide bonds. The molecule has 5 heteroatoms. The second-order valence-corrected chi connectivity index (χ2v) is 6.21. The van der Waals surface area contributed by atoms with Crippen LogP contribution in [0.15, 0.2) is 0 Å². The first kappa shape index (κ1) is 16.0. The number of alkyl carbamates (subject to hydrolysis) is 1. The Hall–Kier alpha value is -1.10. The summed E-state index contributed by atoms with van der Waals surface area (Å²) in [5.74, 6) is 0. The van der Waals surface area contributed by atoms with Crippen LogP contribution in [0, 0.1) is 0 Å². The van der Waals surface area contributed by atoms with E-state index in [4.69, 9.17) is 4.74 Å². The average Bonchev–Trinajstić information content (AvgIpc) is 2.27. The number of aldehydes is 1. The Bertz CT molecular complexity index is 315. The van der Waals surface area contributed by atoms with E-state index >= 15 is 0 Å². The summed E-state index contributed by atoms with van der Waals surface area (Å²) in [6, 6.07) is 0. The van der Waals surface area contributed by atoms with Gasteiger partial charge in [-0.05, 0) is 40.2 Å². The smallest absolute Gasteiger partial charge is 0.408 e. The number of rotatable bonds is 4. The van der Waals surface area contributed by atoms with Crippen LogP contribution in [0.5, 0.6) is 0 Å². The van der Waals surface area contributed by atoms with E-state index in [1.54, 1.807) is 0 Å². The predicted molar refractivity (Wildman–Crippen MR) is 74.1 cm³/mol. The molecule has 1 aliphatic heterocycles. The molecule has 0 atom stereocenters. The van der Waals surface area contributed by atoms with Crippen molar-refractivity contribution >= 4 is 12.4 Å². The molecule has 19 heavy (non-hydrogen) atoms. The number of carbonyl (C=O) groups excluding carboxylic acids is 2. The van der Waals surface area contributed by atoms with Gasteiger partial charge in [-0.2, -0.15) is 0 Å². The van der Waals surface area contributed by atoms with Gasteiger partial charge in [0.25, 0.3) is 0 Å². The van der Waals surface area contributed by atoms with Crippen molar-refractivity contribution in [1.29, 1.82) is 0 Å². The fourth-order valence-electron chi connectivity index (χ4n) is 2.36. The van der Waals surface area contributed by atoms with Gasteiger partial charge in [0.05, 0.1) is 5.54 Å². The topological polar surface area (TPSA) is 58.6 Å². The molecule has 1 N–H and O–H groups in total. The molecule has 1 rings (SSSR count). The molecule has 1 saturated heterocycles. The van der Waals surface area contributed by atoms with Gasteiger partial charge in [0, 0.05) is 19.5 Å². The molecule has 5 nitrogen and oxygen atoms in total. The predicted octanol–water partition coefficient (Wildman–Crippen LogP) is 1.95. The fourth-order valence-corrected chi connectivity index (χ4v) is 2.36. The van der Waals surface area contributed by atoms with Crippen molar-refractivity contribution in [2.75, 3.05) is 19.6 Å². The maximum atomic E-state index is 11.9. The number of hydrogen-bond acceptors (Lipinski definition) is 4. The Kier molecular flexibility index (Phi) is 5.35. The molecular formula is C14H26N2O3. The first-order valence-corrected chi connectivity index (χ1v) is 6.97. The highest BCUT2D eigenvalue weighted by molar-refractivity contribution is 5.69. The number of carbonyl (C=O) groups is 2. The van der Waals surface area contributed by atoms with Gasteiger partial charge in [-0.25, -0.2) is 4.79 Å². The van der Waals surface area contributed by atoms with E-state index < -0.39 is 17.2 Å². The van der Waals surface area contributed by atoms with Crippen LogP contribution < -0.4 is 5.32 Å². The van der Waals surface area contributed by atoms with Crippen LogP contribution in [0.1, 0.15) is 47.0 Å². The van der Waals surface area contributed by atoms with Gasteiger partial charge in [-0.1, -0.05) is 6.92 Å². The minimum Gasteiger partial charge on any atom is -0.444 e. The zero-order valence-electron chi connectivity index (χ0n) is 12.5. The van der Waals surface area contributed by atoms with Gasteiger partial charge in [0.15, 0.2) is 0 Å². The van der Waals surface area contributed by atoms with Gasteiger partial charge in [-0.3, -0.25) is 0 Å². The minimum atomic E-state index is -0.517. The van der Waals surface area contributed by atoms with Crippen molar-refractivity contribution in [3.05, 3.63) is 0 Å². The Labute approximate surface area is 115 Å². The van der Waals surface area contributed by atoms with Crippen molar-refractivity contribution in [2.24, 2.45) is 0 Å². The van der Waals surface area contributed by atoms with E-state index in [0.717, 1.165) is 38.8 Å². The molecule has 0 unspecified atom stereocenters. The molecule has 0 aromatic heterocycles. The van der Waals surface area contributed by atoms with E-state index in [1.165, 1.54) is 0 Å². The van der Waals surface area contributed by atoms with Crippen molar-refractivity contribution in [3.63, 3.8) is 0 Å². The van der Waals surface area contributed by atoms with E-state index in [-0.39, 0.29) is 0 Å². The number of hydrogen-bond donors (Lipinski definition) is 1. The zero-order valence-corrected chi connectivity index (χ0v) is 12.5. The summed E-state index contributed by atoms with van der Waals surface area (Å²) in [6.07, 6.45) is 2.39. The molecule has 110 valence electrons. The molecule has 0 bridgehead atoms. The molecule has 0 aliphatic carbocycles. The van der Waals surface area contributed by atoms with Gasteiger partial charge in [0.2, 0.25) is 0 Å². The third-order valence-electron chi connectivity index (χ3n) is 3.50. The molecular weight excluding hydrogens is 244 g/mol. The molecule has 1 heterocycles. The Morgan fingerprint density at radius 3 is 2.37 bits per heavy atom. The summed E-state index contributed by atoms with van der Waals surface area (Å²) in [4.78, 5) is 25.1. The first-order valence-electron chi connectivity index (χ1n) is 6.97. The Morgan fingerprint density at radius 1 is 1.37 bits per heavy atom. The number of likely N-dealkylation sites (tertiary alicyclic amines) is 1. The maximum absolute atomic E-state index is 11.9. The maximum Gasteiger partial charge on any atom is 0.408 e. The van der Waals surface area contributed by atoms with E-state index in [1.807, 2.05) is 20.8 Å². The number of nitrogens with zero attached hydrogens (tertiary/aromatic N) is 1. The van der Waals surface area contributed by atoms with Crippen LogP contribution in [-0.4, -0.2) is 48.1 Å². The summed E-state index contributed by atoms with van der Waals surface area (Å²) in [5.41, 5.74) is -0.952. The van der Waals surface area contributed by atoms with Gasteiger partial charge < -0.3 is 19.7 Å². The highest BCUT2D eigenvalue weighted by Crippen LogP contribution is 2.25. The van der Waals surface area contributed by atoms with Crippen LogP contribution in [-0.2, 0) is 9.53 Å². The minimum absolute atomic E-state index is 0.351. The van der Waals surface area contributed by atoms with E-state index in [2.05, 4.69) is 17.1 Å². The first-order chi connectivity index (χ1) is 8.80. The lowest BCUT2D eigenvalue weighted by atomic mass is 9.85. The Morgan fingerprint density at radius 2 is 1.95 bits per heavy atom. The molecule has 0 aromatic carbocycles. The largest absolute Gasteiger partial charge is 0.444 e. The van der Waals surface area contributed by atoms with E-state index in [0.29, 0.717) is 6.42 Å². The van der Waals surface area contributed by atoms with Crippen LogP contribution in [0.3, 0.4) is 0 Å². The summed E-state index contributed by atoms with van der Waals surface area (Å²) < 4.78 is 5.29. The quantitative estimate of drug-likeness (QED) is 0.793. The van der Waals surface area contributed by atoms with Crippen molar-refractivity contribution in [1.82, 2.24) is 10.2 Å². The molecule has 0 aromatic rings. The van der Waals surface area contributed by atoms with Crippen LogP contribution in [0.4, 0.5) is 4.79 Å². The summed E-state index contributed by atoms with van der Waals surface area (Å²) >= 11 is 0. The third-order valence-corrected chi connectivity index (χ3v) is 3.50. The number of ether oxygens (including phenoxy) is 1. The molecule has 0 spiro atoms. The van der Waals surface area contributed by atoms with Gasteiger partial charge >= 0.3 is 6.09 Å². The highest BCUT2D eigenvalue weighted by Gasteiger charge is 2.36. The molecule has 0 radical (unpaired) electrons. The molecule has 1 aliphatic rings. The van der Waals surface area contributed by atoms with Crippen molar-refractivity contribution < 1.29 is 14.3 Å². The third kappa shape index (κ3) is 5.19. The van der Waals surface area contributed by atoms with Crippen molar-refractivity contribution in [3.8, 4) is 0 Å². The Balaban J connectivity index is 2.62. The number of piperidine rings is 1. The molecule has 0 saturated carbocycles. The van der Waals surface area contributed by atoms with Crippen LogP contribution in [0.25, 0.3) is 0 Å². The summed E-state index contributed by atoms with van der Waals surface area (Å²) in [6.45, 7) is 10.4. The number of nitrogens with one attached hydrogen (secondary N) is 1. The summed E-state index contributed by atoms with van der Waals surface area (Å²) in [5, 5.41) is 2.92. The lowest BCUT2D eigenvalue weighted by Crippen LogP contribution is -2.56. The standard InChI is InChI=1S/C14H26N2O3/c1-5-16-9-6-14(7-10-16,8-11-17)15-12(18)19-13(2,3)4/h11H,5-10H2,1-4H3,(H,15,18). The SMILES string of the molecule is CCN1CCC(CC=O)(NC(=O)OC(C)(C)C)CC1. The number of amides is 1. The average molecular weight is 270 g/mol. The summed E-state index contributed by atoms with van der Waals surface area (Å²) in [7, 11) is 0. The monoisotopic (exact) mass is 270 g/mol. The van der Waals surface area contributed by atoms with Crippen LogP contribution >= 0.6 is 0 Å². The van der Waals surface area contributed by atoms with E-state index in [9.17, 15) is 9.59 Å². The highest BCUT2D eigenvalue weighted by atomic mass is 16.6. The lowest BCUT2D eigenvalue weighted by Gasteiger charge is -2.41. The zero-order chi connectivity index (χ0) is 14.5. The van der Waals surface area contributed by atoms with Crippen molar-refractivity contribution in [2.45, 2.75) is 58.1 Å². The second kappa shape index (κ2) is 6.37. The lowest BCUT2D eigenvalue weighted by molar-refractivity contribution is -0.109. The van der Waals surface area contributed by atoms with Crippen LogP contribution in [0.2, 0.25) is 0 Å². The fraction of sp³-hybridized carbons (Fsp3) is 0.857.